The van der Waals surface area contributed by atoms with Crippen LogP contribution in [0.2, 0.25) is 0 Å². The first-order valence-corrected chi connectivity index (χ1v) is 8.29. The first-order valence-electron chi connectivity index (χ1n) is 8.29. The first-order chi connectivity index (χ1) is 11.2. The van der Waals surface area contributed by atoms with E-state index in [2.05, 4.69) is 86.8 Å². The van der Waals surface area contributed by atoms with Crippen LogP contribution in [0.1, 0.15) is 36.1 Å². The summed E-state index contributed by atoms with van der Waals surface area (Å²) in [7, 11) is 0. The number of fused-ring (bicyclic) bond motifs is 1. The summed E-state index contributed by atoms with van der Waals surface area (Å²) in [5, 5.41) is 2.59. The van der Waals surface area contributed by atoms with Gasteiger partial charge in [0.15, 0.2) is 0 Å². The van der Waals surface area contributed by atoms with Crippen molar-refractivity contribution in [1.82, 2.24) is 0 Å². The van der Waals surface area contributed by atoms with E-state index < -0.39 is 0 Å². The lowest BCUT2D eigenvalue weighted by molar-refractivity contribution is 0.826. The second kappa shape index (κ2) is 7.23. The number of hydrogen-bond acceptors (Lipinski definition) is 1. The third-order valence-electron chi connectivity index (χ3n) is 4.25. The van der Waals surface area contributed by atoms with Crippen LogP contribution < -0.4 is 0 Å². The molecule has 0 aromatic heterocycles. The van der Waals surface area contributed by atoms with Crippen LogP contribution in [-0.4, -0.2) is 6.21 Å². The van der Waals surface area contributed by atoms with Crippen molar-refractivity contribution in [1.29, 1.82) is 0 Å². The van der Waals surface area contributed by atoms with Crippen molar-refractivity contribution >= 4 is 17.0 Å². The van der Waals surface area contributed by atoms with Crippen LogP contribution in [0.15, 0.2) is 71.7 Å². The van der Waals surface area contributed by atoms with Gasteiger partial charge in [0.1, 0.15) is 0 Å². The third-order valence-corrected chi connectivity index (χ3v) is 4.25. The molecule has 1 atom stereocenters. The Morgan fingerprint density at radius 2 is 1.74 bits per heavy atom. The first kappa shape index (κ1) is 15.5. The van der Waals surface area contributed by atoms with Crippen LogP contribution in [-0.2, 0) is 6.42 Å². The van der Waals surface area contributed by atoms with Crippen LogP contribution in [0, 0.1) is 6.92 Å². The van der Waals surface area contributed by atoms with E-state index in [0.29, 0.717) is 0 Å². The zero-order valence-electron chi connectivity index (χ0n) is 13.9. The summed E-state index contributed by atoms with van der Waals surface area (Å²) in [5.74, 6) is 0. The molecule has 0 fully saturated rings. The van der Waals surface area contributed by atoms with Gasteiger partial charge in [-0.15, -0.1) is 0 Å². The summed E-state index contributed by atoms with van der Waals surface area (Å²) in [6, 6.07) is 23.9. The molecule has 3 aromatic rings. The molecule has 0 bridgehead atoms. The Labute approximate surface area is 138 Å². The largest absolute Gasteiger partial charge is 0.290 e. The van der Waals surface area contributed by atoms with Gasteiger partial charge in [0.05, 0.1) is 6.04 Å². The Morgan fingerprint density at radius 1 is 0.957 bits per heavy atom. The van der Waals surface area contributed by atoms with E-state index in [1.54, 1.807) is 0 Å². The Balaban J connectivity index is 1.67. The van der Waals surface area contributed by atoms with Crippen molar-refractivity contribution in [3.05, 3.63) is 83.4 Å². The molecule has 0 saturated heterocycles. The minimum absolute atomic E-state index is 0.193. The summed E-state index contributed by atoms with van der Waals surface area (Å²) in [6.07, 6.45) is 4.11. The van der Waals surface area contributed by atoms with E-state index in [-0.39, 0.29) is 6.04 Å². The summed E-state index contributed by atoms with van der Waals surface area (Å²) < 4.78 is 0. The minimum atomic E-state index is 0.193. The van der Waals surface area contributed by atoms with Gasteiger partial charge in [0, 0.05) is 0 Å². The molecule has 3 aromatic carbocycles. The highest BCUT2D eigenvalue weighted by atomic mass is 14.8. The van der Waals surface area contributed by atoms with Crippen LogP contribution in [0.4, 0.5) is 0 Å². The van der Waals surface area contributed by atoms with Gasteiger partial charge < -0.3 is 0 Å². The average Bonchev–Trinajstić information content (AvgIpc) is 2.58. The van der Waals surface area contributed by atoms with Gasteiger partial charge in [-0.25, -0.2) is 0 Å². The van der Waals surface area contributed by atoms with Gasteiger partial charge in [0.25, 0.3) is 0 Å². The monoisotopic (exact) mass is 301 g/mol. The normalized spacial score (nSPS) is 12.8. The number of nitrogens with zero attached hydrogens (tertiary/aromatic N) is 1. The van der Waals surface area contributed by atoms with Crippen molar-refractivity contribution in [3.63, 3.8) is 0 Å². The second-order valence-corrected chi connectivity index (χ2v) is 6.10. The van der Waals surface area contributed by atoms with E-state index in [1.165, 1.54) is 27.5 Å². The summed E-state index contributed by atoms with van der Waals surface area (Å²) in [6.45, 7) is 4.31. The predicted octanol–water partition coefficient (Wildman–Crippen LogP) is 5.91. The molecule has 0 radical (unpaired) electrons. The molecule has 1 heteroatoms. The lowest BCUT2D eigenvalue weighted by Crippen LogP contribution is -1.93. The number of aliphatic imine (C=N–C) groups is 1. The molecular formula is C22H23N. The Morgan fingerprint density at radius 3 is 2.61 bits per heavy atom. The Kier molecular flexibility index (Phi) is 4.87. The fraction of sp³-hybridized carbons (Fsp3) is 0.227. The van der Waals surface area contributed by atoms with Gasteiger partial charge in [-0.05, 0) is 54.8 Å². The molecular weight excluding hydrogens is 278 g/mol. The maximum Gasteiger partial charge on any atom is 0.0722 e. The second-order valence-electron chi connectivity index (χ2n) is 6.10. The molecule has 0 aliphatic carbocycles. The maximum atomic E-state index is 4.76. The molecule has 0 spiro atoms. The molecule has 0 aliphatic heterocycles. The van der Waals surface area contributed by atoms with E-state index >= 15 is 0 Å². The quantitative estimate of drug-likeness (QED) is 0.519. The smallest absolute Gasteiger partial charge is 0.0722 e. The zero-order valence-corrected chi connectivity index (χ0v) is 13.9. The van der Waals surface area contributed by atoms with Crippen LogP contribution in [0.25, 0.3) is 10.8 Å². The van der Waals surface area contributed by atoms with Crippen molar-refractivity contribution in [2.45, 2.75) is 32.7 Å². The lowest BCUT2D eigenvalue weighted by Gasteiger charge is -2.10. The number of hydrogen-bond donors (Lipinski definition) is 0. The SMILES string of the molecule is Cc1cccc(CC/C=N/C(C)c2cccc3ccccc23)c1. The summed E-state index contributed by atoms with van der Waals surface area (Å²) in [5.41, 5.74) is 4.01. The highest BCUT2D eigenvalue weighted by Crippen LogP contribution is 2.26. The number of rotatable bonds is 5. The molecule has 23 heavy (non-hydrogen) atoms. The Hall–Kier alpha value is -2.41. The molecule has 0 amide bonds. The van der Waals surface area contributed by atoms with Gasteiger partial charge in [0.2, 0.25) is 0 Å². The molecule has 0 saturated carbocycles. The third kappa shape index (κ3) is 3.87. The van der Waals surface area contributed by atoms with Crippen LogP contribution >= 0.6 is 0 Å². The van der Waals surface area contributed by atoms with Gasteiger partial charge in [-0.1, -0.05) is 72.3 Å². The van der Waals surface area contributed by atoms with Gasteiger partial charge in [-0.3, -0.25) is 4.99 Å². The molecule has 0 N–H and O–H groups in total. The summed E-state index contributed by atoms with van der Waals surface area (Å²) >= 11 is 0. The molecule has 3 rings (SSSR count). The predicted molar refractivity (Wildman–Crippen MR) is 100 cm³/mol. The number of benzene rings is 3. The fourth-order valence-electron chi connectivity index (χ4n) is 3.03. The average molecular weight is 301 g/mol. The van der Waals surface area contributed by atoms with Gasteiger partial charge in [-0.2, -0.15) is 0 Å². The standard InChI is InChI=1S/C22H23N/c1-17-8-5-9-19(16-17)10-7-15-23-18(2)21-14-6-12-20-11-3-4-13-22(20)21/h3-6,8-9,11-16,18H,7,10H2,1-2H3/b23-15+. The summed E-state index contributed by atoms with van der Waals surface area (Å²) in [4.78, 5) is 4.76. The molecule has 1 nitrogen and oxygen atoms in total. The topological polar surface area (TPSA) is 12.4 Å². The van der Waals surface area contributed by atoms with E-state index in [1.807, 2.05) is 0 Å². The van der Waals surface area contributed by atoms with Crippen molar-refractivity contribution in [2.24, 2.45) is 4.99 Å². The number of aryl methyl sites for hydroxylation is 2. The van der Waals surface area contributed by atoms with E-state index in [9.17, 15) is 0 Å². The Bertz CT molecular complexity index is 812. The van der Waals surface area contributed by atoms with E-state index in [0.717, 1.165) is 12.8 Å². The van der Waals surface area contributed by atoms with Gasteiger partial charge >= 0.3 is 0 Å². The highest BCUT2D eigenvalue weighted by molar-refractivity contribution is 5.86. The van der Waals surface area contributed by atoms with Crippen molar-refractivity contribution in [3.8, 4) is 0 Å². The maximum absolute atomic E-state index is 4.76. The molecule has 0 heterocycles. The lowest BCUT2D eigenvalue weighted by atomic mass is 10.00. The molecule has 0 aliphatic rings. The van der Waals surface area contributed by atoms with Crippen LogP contribution in [0.3, 0.4) is 0 Å². The molecule has 1 unspecified atom stereocenters. The minimum Gasteiger partial charge on any atom is -0.290 e. The van der Waals surface area contributed by atoms with Crippen molar-refractivity contribution in [2.75, 3.05) is 0 Å². The fourth-order valence-corrected chi connectivity index (χ4v) is 3.03. The van der Waals surface area contributed by atoms with Crippen molar-refractivity contribution < 1.29 is 0 Å². The van der Waals surface area contributed by atoms with E-state index in [4.69, 9.17) is 4.99 Å². The molecule has 116 valence electrons. The highest BCUT2D eigenvalue weighted by Gasteiger charge is 2.06. The zero-order chi connectivity index (χ0) is 16.1. The van der Waals surface area contributed by atoms with Crippen LogP contribution in [0.5, 0.6) is 0 Å².